The van der Waals surface area contributed by atoms with E-state index in [9.17, 15) is 5.11 Å². The van der Waals surface area contributed by atoms with E-state index >= 15 is 0 Å². The molecular formula is C15H22O2. The quantitative estimate of drug-likeness (QED) is 0.869. The second-order valence-corrected chi connectivity index (χ2v) is 5.48. The summed E-state index contributed by atoms with van der Waals surface area (Å²) in [6.45, 7) is 7.19. The first-order chi connectivity index (χ1) is 8.09. The normalized spacial score (nSPS) is 28.2. The molecule has 0 amide bonds. The van der Waals surface area contributed by atoms with Crippen LogP contribution in [0, 0.1) is 5.92 Å². The van der Waals surface area contributed by atoms with E-state index in [1.807, 2.05) is 18.2 Å². The standard InChI is InChI=1S/C15H22O2/c1-10(2)9-17-14-8-11(3)12-6-4-5-7-13(12)15(14)16/h4-7,10-11,14-16H,8-9H2,1-3H3. The van der Waals surface area contributed by atoms with Gasteiger partial charge in [-0.3, -0.25) is 0 Å². The number of ether oxygens (including phenoxy) is 1. The number of hydrogen-bond acceptors (Lipinski definition) is 2. The Morgan fingerprint density at radius 2 is 1.94 bits per heavy atom. The minimum absolute atomic E-state index is 0.0534. The Bertz CT molecular complexity index is 373. The summed E-state index contributed by atoms with van der Waals surface area (Å²) < 4.78 is 5.83. The molecule has 0 saturated carbocycles. The lowest BCUT2D eigenvalue weighted by Crippen LogP contribution is -2.30. The summed E-state index contributed by atoms with van der Waals surface area (Å²) in [5.74, 6) is 0.974. The third-order valence-electron chi connectivity index (χ3n) is 3.43. The van der Waals surface area contributed by atoms with Crippen LogP contribution in [0.5, 0.6) is 0 Å². The van der Waals surface area contributed by atoms with Crippen molar-refractivity contribution in [1.82, 2.24) is 0 Å². The van der Waals surface area contributed by atoms with Crippen LogP contribution in [0.2, 0.25) is 0 Å². The van der Waals surface area contributed by atoms with Crippen LogP contribution in [0.3, 0.4) is 0 Å². The molecule has 2 rings (SSSR count). The molecule has 2 nitrogen and oxygen atoms in total. The van der Waals surface area contributed by atoms with Crippen molar-refractivity contribution in [2.24, 2.45) is 5.92 Å². The number of hydrogen-bond donors (Lipinski definition) is 1. The Labute approximate surface area is 104 Å². The molecule has 0 spiro atoms. The zero-order valence-electron chi connectivity index (χ0n) is 10.9. The first kappa shape index (κ1) is 12.6. The van der Waals surface area contributed by atoms with E-state index in [1.54, 1.807) is 0 Å². The van der Waals surface area contributed by atoms with Gasteiger partial charge in [-0.15, -0.1) is 0 Å². The molecule has 1 aromatic carbocycles. The van der Waals surface area contributed by atoms with Gasteiger partial charge in [-0.25, -0.2) is 0 Å². The Kier molecular flexibility index (Phi) is 3.85. The average molecular weight is 234 g/mol. The first-order valence-electron chi connectivity index (χ1n) is 6.48. The molecule has 0 saturated heterocycles. The van der Waals surface area contributed by atoms with Gasteiger partial charge in [-0.05, 0) is 29.4 Å². The molecule has 2 heteroatoms. The molecular weight excluding hydrogens is 212 g/mol. The van der Waals surface area contributed by atoms with Crippen LogP contribution in [0.15, 0.2) is 24.3 Å². The summed E-state index contributed by atoms with van der Waals surface area (Å²) in [7, 11) is 0. The minimum atomic E-state index is -0.471. The van der Waals surface area contributed by atoms with Crippen LogP contribution in [0.1, 0.15) is 50.3 Å². The Morgan fingerprint density at radius 3 is 2.59 bits per heavy atom. The van der Waals surface area contributed by atoms with Gasteiger partial charge in [0, 0.05) is 6.61 Å². The maximum Gasteiger partial charge on any atom is 0.105 e. The van der Waals surface area contributed by atoms with Crippen LogP contribution in [0.4, 0.5) is 0 Å². The molecule has 94 valence electrons. The summed E-state index contributed by atoms with van der Waals surface area (Å²) in [6.07, 6.45) is 0.383. The highest BCUT2D eigenvalue weighted by molar-refractivity contribution is 5.35. The van der Waals surface area contributed by atoms with Gasteiger partial charge in [0.05, 0.1) is 6.10 Å². The fourth-order valence-electron chi connectivity index (χ4n) is 2.51. The van der Waals surface area contributed by atoms with Gasteiger partial charge in [0.2, 0.25) is 0 Å². The number of benzene rings is 1. The van der Waals surface area contributed by atoms with Crippen molar-refractivity contribution >= 4 is 0 Å². The highest BCUT2D eigenvalue weighted by Gasteiger charge is 2.32. The number of fused-ring (bicyclic) bond motifs is 1. The lowest BCUT2D eigenvalue weighted by molar-refractivity contribution is -0.0603. The van der Waals surface area contributed by atoms with Crippen LogP contribution >= 0.6 is 0 Å². The van der Waals surface area contributed by atoms with Crippen LogP contribution in [-0.2, 0) is 4.74 Å². The number of rotatable bonds is 3. The van der Waals surface area contributed by atoms with Gasteiger partial charge in [-0.1, -0.05) is 45.0 Å². The first-order valence-corrected chi connectivity index (χ1v) is 6.48. The van der Waals surface area contributed by atoms with Crippen LogP contribution in [0.25, 0.3) is 0 Å². The van der Waals surface area contributed by atoms with Crippen molar-refractivity contribution in [1.29, 1.82) is 0 Å². The fourth-order valence-corrected chi connectivity index (χ4v) is 2.51. The zero-order chi connectivity index (χ0) is 12.4. The van der Waals surface area contributed by atoms with Crippen LogP contribution in [-0.4, -0.2) is 17.8 Å². The third kappa shape index (κ3) is 2.70. The Balaban J connectivity index is 2.15. The molecule has 3 unspecified atom stereocenters. The van der Waals surface area contributed by atoms with E-state index < -0.39 is 6.10 Å². The highest BCUT2D eigenvalue weighted by atomic mass is 16.5. The summed E-state index contributed by atoms with van der Waals surface area (Å²) in [5.41, 5.74) is 2.31. The highest BCUT2D eigenvalue weighted by Crippen LogP contribution is 2.38. The lowest BCUT2D eigenvalue weighted by Gasteiger charge is -2.34. The van der Waals surface area contributed by atoms with Gasteiger partial charge >= 0.3 is 0 Å². The number of aliphatic hydroxyl groups excluding tert-OH is 1. The summed E-state index contributed by atoms with van der Waals surface area (Å²) in [4.78, 5) is 0. The predicted molar refractivity (Wildman–Crippen MR) is 69.0 cm³/mol. The molecule has 1 aromatic rings. The predicted octanol–water partition coefficient (Wildman–Crippen LogP) is 3.27. The van der Waals surface area contributed by atoms with Gasteiger partial charge in [0.1, 0.15) is 6.10 Å². The Morgan fingerprint density at radius 1 is 1.29 bits per heavy atom. The molecule has 0 heterocycles. The SMILES string of the molecule is CC(C)COC1CC(C)c2ccccc2C1O. The van der Waals surface area contributed by atoms with E-state index in [0.717, 1.165) is 18.6 Å². The smallest absolute Gasteiger partial charge is 0.105 e. The van der Waals surface area contributed by atoms with Gasteiger partial charge in [0.25, 0.3) is 0 Å². The van der Waals surface area contributed by atoms with Crippen molar-refractivity contribution < 1.29 is 9.84 Å². The van der Waals surface area contributed by atoms with Crippen molar-refractivity contribution in [3.8, 4) is 0 Å². The van der Waals surface area contributed by atoms with Crippen LogP contribution < -0.4 is 0 Å². The second-order valence-electron chi connectivity index (χ2n) is 5.48. The molecule has 3 atom stereocenters. The zero-order valence-corrected chi connectivity index (χ0v) is 10.9. The third-order valence-corrected chi connectivity index (χ3v) is 3.43. The molecule has 1 N–H and O–H groups in total. The minimum Gasteiger partial charge on any atom is -0.386 e. The lowest BCUT2D eigenvalue weighted by atomic mass is 9.80. The maximum atomic E-state index is 10.3. The van der Waals surface area contributed by atoms with Gasteiger partial charge < -0.3 is 9.84 Å². The summed E-state index contributed by atoms with van der Waals surface area (Å²) in [5, 5.41) is 10.3. The number of aliphatic hydroxyl groups is 1. The second kappa shape index (κ2) is 5.19. The van der Waals surface area contributed by atoms with E-state index in [4.69, 9.17) is 4.74 Å². The van der Waals surface area contributed by atoms with Crippen molar-refractivity contribution in [3.63, 3.8) is 0 Å². The van der Waals surface area contributed by atoms with E-state index in [-0.39, 0.29) is 6.10 Å². The van der Waals surface area contributed by atoms with Crippen molar-refractivity contribution in [2.45, 2.75) is 45.3 Å². The monoisotopic (exact) mass is 234 g/mol. The fraction of sp³-hybridized carbons (Fsp3) is 0.600. The molecule has 0 aliphatic heterocycles. The largest absolute Gasteiger partial charge is 0.386 e. The molecule has 0 radical (unpaired) electrons. The van der Waals surface area contributed by atoms with Crippen molar-refractivity contribution in [3.05, 3.63) is 35.4 Å². The molecule has 0 aromatic heterocycles. The van der Waals surface area contributed by atoms with E-state index in [1.165, 1.54) is 5.56 Å². The molecule has 0 fully saturated rings. The van der Waals surface area contributed by atoms with E-state index in [0.29, 0.717) is 11.8 Å². The molecule has 0 bridgehead atoms. The van der Waals surface area contributed by atoms with Crippen molar-refractivity contribution in [2.75, 3.05) is 6.61 Å². The topological polar surface area (TPSA) is 29.5 Å². The summed E-state index contributed by atoms with van der Waals surface area (Å²) in [6, 6.07) is 8.15. The molecule has 1 aliphatic rings. The van der Waals surface area contributed by atoms with Gasteiger partial charge in [0.15, 0.2) is 0 Å². The average Bonchev–Trinajstić information content (AvgIpc) is 2.32. The Hall–Kier alpha value is -0.860. The van der Waals surface area contributed by atoms with Gasteiger partial charge in [-0.2, -0.15) is 0 Å². The maximum absolute atomic E-state index is 10.3. The molecule has 17 heavy (non-hydrogen) atoms. The van der Waals surface area contributed by atoms with E-state index in [2.05, 4.69) is 26.8 Å². The summed E-state index contributed by atoms with van der Waals surface area (Å²) >= 11 is 0. The molecule has 1 aliphatic carbocycles.